The Labute approximate surface area is 166 Å². The van der Waals surface area contributed by atoms with Crippen LogP contribution in [0.4, 0.5) is 4.79 Å². The number of hydrogen-bond acceptors (Lipinski definition) is 5. The fraction of sp³-hybridized carbons (Fsp3) is 0.250. The fourth-order valence-corrected chi connectivity index (χ4v) is 3.63. The summed E-state index contributed by atoms with van der Waals surface area (Å²) in [5, 5.41) is 7.63. The predicted octanol–water partition coefficient (Wildman–Crippen LogP) is 1.85. The molecule has 1 aromatic carbocycles. The molecule has 4 rings (SSSR count). The lowest BCUT2D eigenvalue weighted by molar-refractivity contribution is -0.133. The third kappa shape index (κ3) is 2.82. The van der Waals surface area contributed by atoms with Gasteiger partial charge < -0.3 is 5.32 Å². The van der Waals surface area contributed by atoms with Crippen molar-refractivity contribution in [2.75, 3.05) is 0 Å². The van der Waals surface area contributed by atoms with Crippen LogP contribution in [0.5, 0.6) is 0 Å². The summed E-state index contributed by atoms with van der Waals surface area (Å²) in [6.07, 6.45) is 1.71. The van der Waals surface area contributed by atoms with E-state index < -0.39 is 23.4 Å². The zero-order valence-electron chi connectivity index (χ0n) is 16.3. The second-order valence-corrected chi connectivity index (χ2v) is 6.97. The Morgan fingerprint density at radius 2 is 1.93 bits per heavy atom. The van der Waals surface area contributed by atoms with Gasteiger partial charge >= 0.3 is 6.03 Å². The molecular formula is C20H20N6O3. The van der Waals surface area contributed by atoms with Gasteiger partial charge in [-0.3, -0.25) is 15.0 Å². The van der Waals surface area contributed by atoms with Gasteiger partial charge in [-0.05, 0) is 31.9 Å². The van der Waals surface area contributed by atoms with E-state index in [1.807, 2.05) is 26.0 Å². The monoisotopic (exact) mass is 392 g/mol. The molecule has 2 N–H and O–H groups in total. The van der Waals surface area contributed by atoms with Crippen molar-refractivity contribution in [2.24, 2.45) is 0 Å². The van der Waals surface area contributed by atoms with Crippen molar-refractivity contribution in [3.05, 3.63) is 65.1 Å². The molecule has 9 heteroatoms. The highest BCUT2D eigenvalue weighted by molar-refractivity contribution is 6.10. The number of nitrogens with zero attached hydrogens (tertiary/aromatic N) is 4. The molecule has 0 aliphatic carbocycles. The number of benzene rings is 1. The average Bonchev–Trinajstić information content (AvgIpc) is 3.23. The van der Waals surface area contributed by atoms with Crippen molar-refractivity contribution in [1.29, 1.82) is 0 Å². The Hall–Kier alpha value is -3.75. The first-order chi connectivity index (χ1) is 13.9. The summed E-state index contributed by atoms with van der Waals surface area (Å²) < 4.78 is 1.54. The molecule has 1 aliphatic heterocycles. The maximum atomic E-state index is 13.1. The molecule has 3 heterocycles. The molecule has 1 saturated heterocycles. The van der Waals surface area contributed by atoms with Gasteiger partial charge in [0.15, 0.2) is 5.65 Å². The van der Waals surface area contributed by atoms with E-state index in [1.165, 1.54) is 10.7 Å². The number of carbonyl (C=O) groups excluding carboxylic acids is 3. The van der Waals surface area contributed by atoms with Gasteiger partial charge in [-0.1, -0.05) is 37.3 Å². The first kappa shape index (κ1) is 18.6. The topological polar surface area (TPSA) is 109 Å². The number of amides is 4. The van der Waals surface area contributed by atoms with Gasteiger partial charge in [-0.25, -0.2) is 14.3 Å². The molecular weight excluding hydrogens is 372 g/mol. The van der Waals surface area contributed by atoms with E-state index in [4.69, 9.17) is 0 Å². The van der Waals surface area contributed by atoms with Crippen LogP contribution in [0.15, 0.2) is 42.6 Å². The zero-order chi connectivity index (χ0) is 20.8. The highest BCUT2D eigenvalue weighted by Gasteiger charge is 2.52. The lowest BCUT2D eigenvalue weighted by atomic mass is 9.87. The van der Waals surface area contributed by atoms with Gasteiger partial charge in [0.05, 0.1) is 6.20 Å². The van der Waals surface area contributed by atoms with Crippen molar-refractivity contribution in [3.63, 3.8) is 0 Å². The number of hydrogen-bond donors (Lipinski definition) is 2. The molecule has 1 aliphatic rings. The van der Waals surface area contributed by atoms with Crippen LogP contribution < -0.4 is 10.7 Å². The van der Waals surface area contributed by atoms with Crippen LogP contribution in [0.1, 0.15) is 40.7 Å². The maximum Gasteiger partial charge on any atom is 0.344 e. The minimum Gasteiger partial charge on any atom is -0.318 e. The number of aryl methyl sites for hydroxylation is 2. The zero-order valence-corrected chi connectivity index (χ0v) is 16.3. The molecule has 9 nitrogen and oxygen atoms in total. The lowest BCUT2D eigenvalue weighted by Crippen LogP contribution is -2.48. The minimum absolute atomic E-state index is 0.172. The maximum absolute atomic E-state index is 13.1. The van der Waals surface area contributed by atoms with Gasteiger partial charge in [-0.15, -0.1) is 0 Å². The largest absolute Gasteiger partial charge is 0.344 e. The van der Waals surface area contributed by atoms with Crippen molar-refractivity contribution in [1.82, 2.24) is 30.3 Å². The number of urea groups is 1. The molecule has 4 amide bonds. The van der Waals surface area contributed by atoms with Crippen LogP contribution in [-0.4, -0.2) is 37.5 Å². The van der Waals surface area contributed by atoms with Crippen LogP contribution in [0.25, 0.3) is 5.65 Å². The Balaban J connectivity index is 1.66. The third-order valence-electron chi connectivity index (χ3n) is 5.12. The summed E-state index contributed by atoms with van der Waals surface area (Å²) >= 11 is 0. The average molecular weight is 392 g/mol. The number of hydrazine groups is 1. The number of nitrogens with one attached hydrogen (secondary N) is 2. The quantitative estimate of drug-likeness (QED) is 0.659. The van der Waals surface area contributed by atoms with Crippen LogP contribution >= 0.6 is 0 Å². The highest BCUT2D eigenvalue weighted by atomic mass is 16.2. The molecule has 0 spiro atoms. The second-order valence-electron chi connectivity index (χ2n) is 6.97. The van der Waals surface area contributed by atoms with E-state index in [9.17, 15) is 14.4 Å². The van der Waals surface area contributed by atoms with Gasteiger partial charge in [0.1, 0.15) is 11.1 Å². The lowest BCUT2D eigenvalue weighted by Gasteiger charge is -2.25. The van der Waals surface area contributed by atoms with E-state index in [0.29, 0.717) is 17.6 Å². The molecule has 1 fully saturated rings. The highest BCUT2D eigenvalue weighted by Crippen LogP contribution is 2.31. The van der Waals surface area contributed by atoms with Crippen LogP contribution in [-0.2, 0) is 10.3 Å². The first-order valence-electron chi connectivity index (χ1n) is 9.22. The summed E-state index contributed by atoms with van der Waals surface area (Å²) in [7, 11) is 0. The molecule has 29 heavy (non-hydrogen) atoms. The molecule has 0 radical (unpaired) electrons. The number of rotatable bonds is 4. The standard InChI is InChI=1S/C20H20N6O3/c1-4-20(14-8-6-5-7-9-14)18(28)26(19(29)23-20)24-17(27)15-11-21-25-13(3)10-12(2)22-16(15)25/h5-11H,4H2,1-3H3,(H,23,29)(H,24,27)/t20-/m0/s1. The molecule has 0 saturated carbocycles. The van der Waals surface area contributed by atoms with Gasteiger partial charge in [0.25, 0.3) is 11.8 Å². The summed E-state index contributed by atoms with van der Waals surface area (Å²) in [6, 6.07) is 10.1. The van der Waals surface area contributed by atoms with Gasteiger partial charge in [0.2, 0.25) is 0 Å². The van der Waals surface area contributed by atoms with E-state index in [0.717, 1.165) is 16.4 Å². The fourth-order valence-electron chi connectivity index (χ4n) is 3.63. The Morgan fingerprint density at radius 1 is 1.21 bits per heavy atom. The second kappa shape index (κ2) is 6.69. The Bertz CT molecular complexity index is 1140. The number of imide groups is 1. The summed E-state index contributed by atoms with van der Waals surface area (Å²) in [5.74, 6) is -1.18. The van der Waals surface area contributed by atoms with E-state index >= 15 is 0 Å². The van der Waals surface area contributed by atoms with Crippen LogP contribution in [0, 0.1) is 13.8 Å². The summed E-state index contributed by atoms with van der Waals surface area (Å²) in [5.41, 5.74) is 3.92. The van der Waals surface area contributed by atoms with Crippen molar-refractivity contribution < 1.29 is 14.4 Å². The van der Waals surface area contributed by atoms with E-state index in [2.05, 4.69) is 20.8 Å². The summed E-state index contributed by atoms with van der Waals surface area (Å²) in [4.78, 5) is 42.9. The van der Waals surface area contributed by atoms with Gasteiger partial charge in [-0.2, -0.15) is 10.1 Å². The number of fused-ring (bicyclic) bond motifs is 1. The van der Waals surface area contributed by atoms with Crippen LogP contribution in [0.2, 0.25) is 0 Å². The molecule has 2 aromatic heterocycles. The Kier molecular flexibility index (Phi) is 4.30. The van der Waals surface area contributed by atoms with Crippen molar-refractivity contribution >= 4 is 23.5 Å². The third-order valence-corrected chi connectivity index (χ3v) is 5.12. The molecule has 1 atom stereocenters. The molecule has 148 valence electrons. The first-order valence-corrected chi connectivity index (χ1v) is 9.22. The molecule has 3 aromatic rings. The van der Waals surface area contributed by atoms with Crippen LogP contribution in [0.3, 0.4) is 0 Å². The number of aromatic nitrogens is 3. The van der Waals surface area contributed by atoms with Crippen molar-refractivity contribution in [2.45, 2.75) is 32.7 Å². The smallest absolute Gasteiger partial charge is 0.318 e. The summed E-state index contributed by atoms with van der Waals surface area (Å²) in [6.45, 7) is 5.47. The minimum atomic E-state index is -1.22. The SMILES string of the molecule is CC[C@@]1(c2ccccc2)NC(=O)N(NC(=O)c2cnn3c(C)cc(C)nc23)C1=O. The normalized spacial score (nSPS) is 18.9. The predicted molar refractivity (Wildman–Crippen MR) is 104 cm³/mol. The van der Waals surface area contributed by atoms with E-state index in [1.54, 1.807) is 31.2 Å². The Morgan fingerprint density at radius 3 is 2.62 bits per heavy atom. The van der Waals surface area contributed by atoms with Crippen molar-refractivity contribution in [3.8, 4) is 0 Å². The van der Waals surface area contributed by atoms with Gasteiger partial charge in [0, 0.05) is 11.4 Å². The number of carbonyl (C=O) groups is 3. The molecule has 0 bridgehead atoms. The van der Waals surface area contributed by atoms with E-state index in [-0.39, 0.29) is 5.56 Å². The molecule has 0 unspecified atom stereocenters.